The molecule has 19 heavy (non-hydrogen) atoms. The van der Waals surface area contributed by atoms with Crippen LogP contribution in [-0.2, 0) is 6.54 Å². The average Bonchev–Trinajstić information content (AvgIpc) is 2.27. The van der Waals surface area contributed by atoms with E-state index >= 15 is 0 Å². The highest BCUT2D eigenvalue weighted by Crippen LogP contribution is 2.20. The van der Waals surface area contributed by atoms with Crippen molar-refractivity contribution in [3.63, 3.8) is 0 Å². The molecular formula is C17H30N2. The molecule has 0 aliphatic carbocycles. The maximum absolute atomic E-state index is 3.61. The molecule has 2 heteroatoms. The van der Waals surface area contributed by atoms with Gasteiger partial charge in [-0.05, 0) is 31.5 Å². The zero-order chi connectivity index (χ0) is 14.5. The average molecular weight is 262 g/mol. The molecule has 1 aromatic rings. The first kappa shape index (κ1) is 16.2. The first-order valence-corrected chi connectivity index (χ1v) is 7.30. The van der Waals surface area contributed by atoms with Gasteiger partial charge in [0.15, 0.2) is 0 Å². The molecule has 0 spiro atoms. The van der Waals surface area contributed by atoms with E-state index < -0.39 is 0 Å². The molecule has 0 aliphatic rings. The summed E-state index contributed by atoms with van der Waals surface area (Å²) >= 11 is 0. The summed E-state index contributed by atoms with van der Waals surface area (Å²) in [6.45, 7) is 14.4. The van der Waals surface area contributed by atoms with Crippen molar-refractivity contribution in [1.82, 2.24) is 10.2 Å². The third-order valence-electron chi connectivity index (χ3n) is 3.53. The first-order valence-electron chi connectivity index (χ1n) is 7.30. The molecule has 0 saturated carbocycles. The van der Waals surface area contributed by atoms with Crippen LogP contribution in [0.3, 0.4) is 0 Å². The Bertz CT molecular complexity index is 379. The Kier molecular flexibility index (Phi) is 6.02. The number of rotatable bonds is 6. The van der Waals surface area contributed by atoms with Crippen LogP contribution in [0.4, 0.5) is 0 Å². The summed E-state index contributed by atoms with van der Waals surface area (Å²) in [6, 6.07) is 9.30. The highest BCUT2D eigenvalue weighted by Gasteiger charge is 2.24. The van der Waals surface area contributed by atoms with Crippen LogP contribution in [0.5, 0.6) is 0 Å². The minimum Gasteiger partial charge on any atom is -0.312 e. The van der Waals surface area contributed by atoms with Gasteiger partial charge in [-0.25, -0.2) is 0 Å². The van der Waals surface area contributed by atoms with Crippen molar-refractivity contribution in [2.45, 2.75) is 47.2 Å². The molecule has 0 radical (unpaired) electrons. The molecule has 1 aromatic carbocycles. The lowest BCUT2D eigenvalue weighted by Crippen LogP contribution is -2.47. The minimum absolute atomic E-state index is 0.289. The molecular weight excluding hydrogens is 232 g/mol. The number of hydrogen-bond donors (Lipinski definition) is 1. The van der Waals surface area contributed by atoms with Crippen molar-refractivity contribution in [3.8, 4) is 0 Å². The fourth-order valence-electron chi connectivity index (χ4n) is 2.39. The summed E-state index contributed by atoms with van der Waals surface area (Å²) < 4.78 is 0. The molecule has 0 amide bonds. The predicted molar refractivity (Wildman–Crippen MR) is 84.4 cm³/mol. The Hall–Kier alpha value is -0.860. The quantitative estimate of drug-likeness (QED) is 0.844. The molecule has 0 saturated heterocycles. The Balaban J connectivity index is 2.60. The molecule has 0 heterocycles. The molecule has 0 bridgehead atoms. The second kappa shape index (κ2) is 7.06. The van der Waals surface area contributed by atoms with Crippen LogP contribution < -0.4 is 5.32 Å². The van der Waals surface area contributed by atoms with Gasteiger partial charge in [0.2, 0.25) is 0 Å². The fraction of sp³-hybridized carbons (Fsp3) is 0.647. The van der Waals surface area contributed by atoms with Gasteiger partial charge in [-0.3, -0.25) is 0 Å². The molecule has 0 fully saturated rings. The van der Waals surface area contributed by atoms with Crippen LogP contribution in [0.1, 0.15) is 38.8 Å². The van der Waals surface area contributed by atoms with Gasteiger partial charge in [0, 0.05) is 19.1 Å². The van der Waals surface area contributed by atoms with Crippen LogP contribution in [0, 0.1) is 12.3 Å². The van der Waals surface area contributed by atoms with Gasteiger partial charge in [-0.15, -0.1) is 0 Å². The highest BCUT2D eigenvalue weighted by atomic mass is 15.1. The van der Waals surface area contributed by atoms with Gasteiger partial charge < -0.3 is 10.2 Å². The van der Waals surface area contributed by atoms with E-state index in [1.165, 1.54) is 11.1 Å². The molecule has 1 N–H and O–H groups in total. The number of hydrogen-bond acceptors (Lipinski definition) is 2. The van der Waals surface area contributed by atoms with Crippen molar-refractivity contribution in [2.75, 3.05) is 20.1 Å². The third-order valence-corrected chi connectivity index (χ3v) is 3.53. The largest absolute Gasteiger partial charge is 0.312 e. The number of nitrogens with one attached hydrogen (secondary N) is 1. The van der Waals surface area contributed by atoms with Crippen LogP contribution in [0.15, 0.2) is 24.3 Å². The Morgan fingerprint density at radius 1 is 1.26 bits per heavy atom. The number of nitrogens with zero attached hydrogens (tertiary/aromatic N) is 1. The maximum Gasteiger partial charge on any atom is 0.0243 e. The molecule has 108 valence electrons. The van der Waals surface area contributed by atoms with Gasteiger partial charge >= 0.3 is 0 Å². The summed E-state index contributed by atoms with van der Waals surface area (Å²) in [7, 11) is 2.21. The van der Waals surface area contributed by atoms with Crippen molar-refractivity contribution in [2.24, 2.45) is 5.41 Å². The van der Waals surface area contributed by atoms with Crippen LogP contribution in [0.2, 0.25) is 0 Å². The zero-order valence-corrected chi connectivity index (χ0v) is 13.5. The number of likely N-dealkylation sites (N-methyl/N-ethyl adjacent to an activating group) is 2. The minimum atomic E-state index is 0.289. The Labute approximate surface area is 119 Å². The Morgan fingerprint density at radius 3 is 2.47 bits per heavy atom. The summed E-state index contributed by atoms with van der Waals surface area (Å²) in [5, 5.41) is 3.61. The molecule has 1 unspecified atom stereocenters. The standard InChI is InChI=1S/C17H30N2/c1-7-18-16(17(3,4)5)13-19(6)12-15-10-8-9-14(2)11-15/h8-11,16,18H,7,12-13H2,1-6H3. The van der Waals surface area contributed by atoms with E-state index in [1.54, 1.807) is 0 Å². The van der Waals surface area contributed by atoms with E-state index in [1.807, 2.05) is 0 Å². The van der Waals surface area contributed by atoms with E-state index in [0.717, 1.165) is 19.6 Å². The van der Waals surface area contributed by atoms with Crippen LogP contribution in [0.25, 0.3) is 0 Å². The summed E-state index contributed by atoms with van der Waals surface area (Å²) in [6.07, 6.45) is 0. The van der Waals surface area contributed by atoms with E-state index in [4.69, 9.17) is 0 Å². The third kappa shape index (κ3) is 5.75. The highest BCUT2D eigenvalue weighted by molar-refractivity contribution is 5.22. The topological polar surface area (TPSA) is 15.3 Å². The normalized spacial score (nSPS) is 13.8. The smallest absolute Gasteiger partial charge is 0.0243 e. The lowest BCUT2D eigenvalue weighted by Gasteiger charge is -2.34. The Morgan fingerprint density at radius 2 is 1.95 bits per heavy atom. The van der Waals surface area contributed by atoms with Gasteiger partial charge in [0.25, 0.3) is 0 Å². The van der Waals surface area contributed by atoms with Gasteiger partial charge in [0.05, 0.1) is 0 Å². The molecule has 0 aromatic heterocycles. The van der Waals surface area contributed by atoms with Crippen molar-refractivity contribution in [3.05, 3.63) is 35.4 Å². The second-order valence-corrected chi connectivity index (χ2v) is 6.66. The SMILES string of the molecule is CCNC(CN(C)Cc1cccc(C)c1)C(C)(C)C. The van der Waals surface area contributed by atoms with Crippen LogP contribution in [-0.4, -0.2) is 31.1 Å². The van der Waals surface area contributed by atoms with Crippen molar-refractivity contribution < 1.29 is 0 Å². The van der Waals surface area contributed by atoms with Crippen molar-refractivity contribution in [1.29, 1.82) is 0 Å². The first-order chi connectivity index (χ1) is 8.82. The van der Waals surface area contributed by atoms with E-state index in [-0.39, 0.29) is 5.41 Å². The van der Waals surface area contributed by atoms with Gasteiger partial charge in [0.1, 0.15) is 0 Å². The second-order valence-electron chi connectivity index (χ2n) is 6.66. The lowest BCUT2D eigenvalue weighted by atomic mass is 9.86. The maximum atomic E-state index is 3.61. The van der Waals surface area contributed by atoms with Gasteiger partial charge in [-0.1, -0.05) is 57.5 Å². The fourth-order valence-corrected chi connectivity index (χ4v) is 2.39. The monoisotopic (exact) mass is 262 g/mol. The summed E-state index contributed by atoms with van der Waals surface area (Å²) in [5.74, 6) is 0. The number of aryl methyl sites for hydroxylation is 1. The predicted octanol–water partition coefficient (Wildman–Crippen LogP) is 3.45. The van der Waals surface area contributed by atoms with Gasteiger partial charge in [-0.2, -0.15) is 0 Å². The van der Waals surface area contributed by atoms with E-state index in [2.05, 4.69) is 76.1 Å². The molecule has 2 nitrogen and oxygen atoms in total. The number of benzene rings is 1. The van der Waals surface area contributed by atoms with E-state index in [0.29, 0.717) is 6.04 Å². The van der Waals surface area contributed by atoms with Crippen molar-refractivity contribution >= 4 is 0 Å². The molecule has 1 rings (SSSR count). The summed E-state index contributed by atoms with van der Waals surface area (Å²) in [4.78, 5) is 2.41. The lowest BCUT2D eigenvalue weighted by molar-refractivity contribution is 0.192. The molecule has 0 aliphatic heterocycles. The van der Waals surface area contributed by atoms with Crippen LogP contribution >= 0.6 is 0 Å². The molecule has 1 atom stereocenters. The zero-order valence-electron chi connectivity index (χ0n) is 13.5. The summed E-state index contributed by atoms with van der Waals surface area (Å²) in [5.41, 5.74) is 3.02. The van der Waals surface area contributed by atoms with E-state index in [9.17, 15) is 0 Å².